The number of nitriles is 2. The number of rotatable bonds is 4. The molecule has 0 radical (unpaired) electrons. The first-order valence-corrected chi connectivity index (χ1v) is 6.61. The number of carbonyl (C=O) groups is 1. The van der Waals surface area contributed by atoms with Gasteiger partial charge >= 0.3 is 0 Å². The van der Waals surface area contributed by atoms with Gasteiger partial charge in [-0.2, -0.15) is 15.6 Å². The van der Waals surface area contributed by atoms with Gasteiger partial charge in [-0.1, -0.05) is 18.2 Å². The first-order chi connectivity index (χ1) is 11.1. The lowest BCUT2D eigenvalue weighted by Crippen LogP contribution is -2.14. The standard InChI is InChI=1S/C16H12N6O/c1-11-4-2-3-5-14(11)16(23)20-15-7-6-12(10-19-15)21-22-13(8-17)9-18/h2-7,10,21H,1H3,(H,19,20,23). The van der Waals surface area contributed by atoms with Crippen molar-refractivity contribution < 1.29 is 4.79 Å². The van der Waals surface area contributed by atoms with Crippen molar-refractivity contribution in [3.8, 4) is 12.1 Å². The van der Waals surface area contributed by atoms with Gasteiger partial charge in [0, 0.05) is 5.56 Å². The van der Waals surface area contributed by atoms with E-state index in [0.29, 0.717) is 17.1 Å². The first-order valence-electron chi connectivity index (χ1n) is 6.61. The van der Waals surface area contributed by atoms with Gasteiger partial charge in [0.05, 0.1) is 11.9 Å². The molecule has 1 amide bonds. The van der Waals surface area contributed by atoms with Crippen LogP contribution in [0.5, 0.6) is 0 Å². The molecule has 2 N–H and O–H groups in total. The maximum atomic E-state index is 12.2. The highest BCUT2D eigenvalue weighted by Gasteiger charge is 2.08. The summed E-state index contributed by atoms with van der Waals surface area (Å²) in [6, 6.07) is 13.7. The number of amides is 1. The van der Waals surface area contributed by atoms with Crippen LogP contribution in [0.15, 0.2) is 47.7 Å². The molecule has 0 saturated carbocycles. The van der Waals surface area contributed by atoms with Crippen molar-refractivity contribution in [2.24, 2.45) is 5.10 Å². The number of carbonyl (C=O) groups excluding carboxylic acids is 1. The van der Waals surface area contributed by atoms with Crippen molar-refractivity contribution in [1.29, 1.82) is 10.5 Å². The van der Waals surface area contributed by atoms with E-state index in [1.807, 2.05) is 19.1 Å². The van der Waals surface area contributed by atoms with Crippen LogP contribution >= 0.6 is 0 Å². The SMILES string of the molecule is Cc1ccccc1C(=O)Nc1ccc(NN=C(C#N)C#N)cn1. The van der Waals surface area contributed by atoms with Gasteiger partial charge in [-0.05, 0) is 30.7 Å². The summed E-state index contributed by atoms with van der Waals surface area (Å²) in [6.07, 6.45) is 1.43. The quantitative estimate of drug-likeness (QED) is 0.665. The van der Waals surface area contributed by atoms with Gasteiger partial charge in [0.2, 0.25) is 5.71 Å². The fraction of sp³-hybridized carbons (Fsp3) is 0.0625. The van der Waals surface area contributed by atoms with Crippen molar-refractivity contribution in [2.75, 3.05) is 10.7 Å². The van der Waals surface area contributed by atoms with Crippen LogP contribution in [0.3, 0.4) is 0 Å². The summed E-state index contributed by atoms with van der Waals surface area (Å²) in [5.74, 6) is 0.138. The van der Waals surface area contributed by atoms with Crippen LogP contribution in [0.4, 0.5) is 11.5 Å². The largest absolute Gasteiger partial charge is 0.307 e. The zero-order chi connectivity index (χ0) is 16.7. The van der Waals surface area contributed by atoms with Crippen molar-refractivity contribution >= 4 is 23.1 Å². The number of anilines is 2. The summed E-state index contributed by atoms with van der Waals surface area (Å²) in [4.78, 5) is 16.2. The number of benzene rings is 1. The molecule has 0 atom stereocenters. The van der Waals surface area contributed by atoms with Crippen LogP contribution in [0.25, 0.3) is 0 Å². The molecule has 2 aromatic rings. The highest BCUT2D eigenvalue weighted by Crippen LogP contribution is 2.13. The average Bonchev–Trinajstić information content (AvgIpc) is 2.57. The lowest BCUT2D eigenvalue weighted by molar-refractivity contribution is 0.102. The molecular formula is C16H12N6O. The average molecular weight is 304 g/mol. The normalized spacial score (nSPS) is 9.17. The Labute approximate surface area is 132 Å². The Kier molecular flexibility index (Phi) is 5.00. The van der Waals surface area contributed by atoms with Crippen LogP contribution in [-0.2, 0) is 0 Å². The number of hydrogen-bond donors (Lipinski definition) is 2. The Morgan fingerprint density at radius 1 is 1.17 bits per heavy atom. The molecule has 2 rings (SSSR count). The van der Waals surface area contributed by atoms with E-state index in [2.05, 4.69) is 20.8 Å². The smallest absolute Gasteiger partial charge is 0.257 e. The highest BCUT2D eigenvalue weighted by molar-refractivity contribution is 6.10. The summed E-state index contributed by atoms with van der Waals surface area (Å²) < 4.78 is 0. The zero-order valence-corrected chi connectivity index (χ0v) is 12.2. The third-order valence-electron chi connectivity index (χ3n) is 2.90. The molecule has 1 aromatic carbocycles. The summed E-state index contributed by atoms with van der Waals surface area (Å²) >= 11 is 0. The molecule has 112 valence electrons. The van der Waals surface area contributed by atoms with E-state index in [-0.39, 0.29) is 11.6 Å². The second kappa shape index (κ2) is 7.34. The Morgan fingerprint density at radius 2 is 1.91 bits per heavy atom. The number of hydrazone groups is 1. The third-order valence-corrected chi connectivity index (χ3v) is 2.90. The minimum absolute atomic E-state index is 0.245. The predicted molar refractivity (Wildman–Crippen MR) is 85.7 cm³/mol. The Bertz CT molecular complexity index is 811. The van der Waals surface area contributed by atoms with Crippen molar-refractivity contribution in [3.05, 3.63) is 53.7 Å². The van der Waals surface area contributed by atoms with E-state index >= 15 is 0 Å². The number of pyridine rings is 1. The Morgan fingerprint density at radius 3 is 2.52 bits per heavy atom. The van der Waals surface area contributed by atoms with Gasteiger partial charge < -0.3 is 5.32 Å². The van der Waals surface area contributed by atoms with E-state index in [9.17, 15) is 4.79 Å². The second-order valence-corrected chi connectivity index (χ2v) is 4.50. The molecule has 23 heavy (non-hydrogen) atoms. The first kappa shape index (κ1) is 15.7. The summed E-state index contributed by atoms with van der Waals surface area (Å²) in [6.45, 7) is 1.86. The maximum absolute atomic E-state index is 12.2. The number of nitrogens with one attached hydrogen (secondary N) is 2. The van der Waals surface area contributed by atoms with Gasteiger partial charge in [0.25, 0.3) is 5.91 Å². The number of aryl methyl sites for hydroxylation is 1. The van der Waals surface area contributed by atoms with E-state index in [1.54, 1.807) is 36.4 Å². The second-order valence-electron chi connectivity index (χ2n) is 4.50. The van der Waals surface area contributed by atoms with Crippen LogP contribution in [0, 0.1) is 29.6 Å². The maximum Gasteiger partial charge on any atom is 0.257 e. The monoisotopic (exact) mass is 304 g/mol. The fourth-order valence-electron chi connectivity index (χ4n) is 1.74. The zero-order valence-electron chi connectivity index (χ0n) is 12.2. The Hall–Kier alpha value is -3.71. The molecular weight excluding hydrogens is 292 g/mol. The van der Waals surface area contributed by atoms with E-state index < -0.39 is 0 Å². The minimum atomic E-state index is -0.290. The van der Waals surface area contributed by atoms with Crippen molar-refractivity contribution in [2.45, 2.75) is 6.92 Å². The molecule has 0 unspecified atom stereocenters. The van der Waals surface area contributed by atoms with Gasteiger partial charge in [0.15, 0.2) is 0 Å². The molecule has 0 bridgehead atoms. The molecule has 1 aromatic heterocycles. The van der Waals surface area contributed by atoms with Crippen molar-refractivity contribution in [3.63, 3.8) is 0 Å². The Balaban J connectivity index is 2.05. The molecule has 7 nitrogen and oxygen atoms in total. The minimum Gasteiger partial charge on any atom is -0.307 e. The van der Waals surface area contributed by atoms with E-state index in [4.69, 9.17) is 10.5 Å². The van der Waals surface area contributed by atoms with Gasteiger partial charge in [-0.3, -0.25) is 10.2 Å². The van der Waals surface area contributed by atoms with Crippen LogP contribution in [-0.4, -0.2) is 16.6 Å². The van der Waals surface area contributed by atoms with Gasteiger partial charge in [-0.25, -0.2) is 4.98 Å². The predicted octanol–water partition coefficient (Wildman–Crippen LogP) is 2.46. The molecule has 0 aliphatic rings. The third kappa shape index (κ3) is 4.13. The van der Waals surface area contributed by atoms with Crippen LogP contribution < -0.4 is 10.7 Å². The topological polar surface area (TPSA) is 114 Å². The summed E-state index contributed by atoms with van der Waals surface area (Å²) in [7, 11) is 0. The highest BCUT2D eigenvalue weighted by atomic mass is 16.1. The number of aromatic nitrogens is 1. The lowest BCUT2D eigenvalue weighted by atomic mass is 10.1. The molecule has 0 fully saturated rings. The van der Waals surface area contributed by atoms with E-state index in [1.165, 1.54) is 6.20 Å². The summed E-state index contributed by atoms with van der Waals surface area (Å²) in [5.41, 5.74) is 4.18. The summed E-state index contributed by atoms with van der Waals surface area (Å²) in [5, 5.41) is 23.4. The molecule has 0 aliphatic carbocycles. The molecule has 0 spiro atoms. The molecule has 7 heteroatoms. The molecule has 0 saturated heterocycles. The van der Waals surface area contributed by atoms with Crippen molar-refractivity contribution in [1.82, 2.24) is 4.98 Å². The van der Waals surface area contributed by atoms with Crippen LogP contribution in [0.1, 0.15) is 15.9 Å². The van der Waals surface area contributed by atoms with Crippen LogP contribution in [0.2, 0.25) is 0 Å². The number of nitrogens with zero attached hydrogens (tertiary/aromatic N) is 4. The lowest BCUT2D eigenvalue weighted by Gasteiger charge is -2.07. The van der Waals surface area contributed by atoms with E-state index in [0.717, 1.165) is 5.56 Å². The van der Waals surface area contributed by atoms with Gasteiger partial charge in [-0.15, -0.1) is 0 Å². The molecule has 1 heterocycles. The van der Waals surface area contributed by atoms with Gasteiger partial charge in [0.1, 0.15) is 18.0 Å². The molecule has 0 aliphatic heterocycles. The number of hydrogen-bond acceptors (Lipinski definition) is 6. The fourth-order valence-corrected chi connectivity index (χ4v) is 1.74.